The minimum absolute atomic E-state index is 0.212. The van der Waals surface area contributed by atoms with Gasteiger partial charge in [0.05, 0.1) is 12.7 Å². The Morgan fingerprint density at radius 1 is 0.897 bits per heavy atom. The largest absolute Gasteiger partial charge is 0.465 e. The van der Waals surface area contributed by atoms with Crippen LogP contribution in [-0.4, -0.2) is 13.1 Å². The molecule has 3 rings (SSSR count). The van der Waals surface area contributed by atoms with Gasteiger partial charge in [0.2, 0.25) is 0 Å². The number of methoxy groups -OCH3 is 1. The molecule has 0 saturated carbocycles. The third kappa shape index (κ3) is 4.98. The zero-order chi connectivity index (χ0) is 21.8. The van der Waals surface area contributed by atoms with E-state index in [9.17, 15) is 4.79 Å². The summed E-state index contributed by atoms with van der Waals surface area (Å²) in [6.45, 7) is 15.6. The Balaban J connectivity index is 0.00000145. The first kappa shape index (κ1) is 22.9. The third-order valence-electron chi connectivity index (χ3n) is 6.03. The van der Waals surface area contributed by atoms with Crippen molar-refractivity contribution in [2.45, 2.75) is 72.1 Å². The molecule has 0 spiro atoms. The van der Waals surface area contributed by atoms with Gasteiger partial charge >= 0.3 is 5.97 Å². The van der Waals surface area contributed by atoms with Crippen molar-refractivity contribution in [3.63, 3.8) is 0 Å². The van der Waals surface area contributed by atoms with Crippen LogP contribution in [0.4, 0.5) is 0 Å². The van der Waals surface area contributed by atoms with Crippen LogP contribution in [0.2, 0.25) is 0 Å². The van der Waals surface area contributed by atoms with Gasteiger partial charge in [-0.15, -0.1) is 0 Å². The van der Waals surface area contributed by atoms with E-state index in [-0.39, 0.29) is 16.8 Å². The van der Waals surface area contributed by atoms with Crippen LogP contribution in [0.3, 0.4) is 0 Å². The zero-order valence-electron chi connectivity index (χ0n) is 19.3. The number of carbonyl (C=O) groups is 1. The van der Waals surface area contributed by atoms with Crippen molar-refractivity contribution in [2.24, 2.45) is 0 Å². The molecular weight excluding hydrogens is 356 g/mol. The summed E-state index contributed by atoms with van der Waals surface area (Å²) in [5, 5.41) is 0. The van der Waals surface area contributed by atoms with Crippen LogP contribution in [0.5, 0.6) is 0 Å². The van der Waals surface area contributed by atoms with E-state index in [1.54, 1.807) is 12.1 Å². The van der Waals surface area contributed by atoms with Crippen molar-refractivity contribution in [3.8, 4) is 0 Å². The Bertz CT molecular complexity index is 883. The van der Waals surface area contributed by atoms with E-state index in [1.807, 2.05) is 26.0 Å². The van der Waals surface area contributed by atoms with Crippen molar-refractivity contribution in [2.75, 3.05) is 7.11 Å². The van der Waals surface area contributed by atoms with Gasteiger partial charge in [-0.2, -0.15) is 0 Å². The third-order valence-corrected chi connectivity index (χ3v) is 6.03. The monoisotopic (exact) mass is 392 g/mol. The highest BCUT2D eigenvalue weighted by atomic mass is 16.5. The average molecular weight is 393 g/mol. The van der Waals surface area contributed by atoms with Gasteiger partial charge in [-0.25, -0.2) is 4.79 Å². The topological polar surface area (TPSA) is 26.3 Å². The fraction of sp³-hybridized carbons (Fsp3) is 0.444. The minimum Gasteiger partial charge on any atom is -0.465 e. The maximum Gasteiger partial charge on any atom is 0.337 e. The van der Waals surface area contributed by atoms with Crippen molar-refractivity contribution in [1.82, 2.24) is 0 Å². The number of fused-ring (bicyclic) bond motifs is 1. The van der Waals surface area contributed by atoms with Gasteiger partial charge in [0.15, 0.2) is 0 Å². The second-order valence-corrected chi connectivity index (χ2v) is 8.97. The van der Waals surface area contributed by atoms with Crippen molar-refractivity contribution < 1.29 is 9.53 Å². The zero-order valence-corrected chi connectivity index (χ0v) is 19.3. The number of hydrogen-bond donors (Lipinski definition) is 0. The quantitative estimate of drug-likeness (QED) is 0.404. The van der Waals surface area contributed by atoms with Gasteiger partial charge < -0.3 is 4.74 Å². The highest BCUT2D eigenvalue weighted by Gasteiger charge is 2.37. The molecule has 0 saturated heterocycles. The fourth-order valence-electron chi connectivity index (χ4n) is 3.95. The molecule has 0 radical (unpaired) electrons. The molecule has 2 aromatic rings. The van der Waals surface area contributed by atoms with Crippen LogP contribution >= 0.6 is 0 Å². The molecule has 1 aliphatic carbocycles. The highest BCUT2D eigenvalue weighted by molar-refractivity contribution is 5.89. The number of rotatable bonds is 3. The Labute approximate surface area is 177 Å². The van der Waals surface area contributed by atoms with E-state index in [2.05, 4.69) is 58.9 Å². The van der Waals surface area contributed by atoms with Crippen LogP contribution in [0.1, 0.15) is 92.6 Å². The van der Waals surface area contributed by atoms with E-state index in [4.69, 9.17) is 4.74 Å². The molecular formula is C27H36O2. The number of benzene rings is 2. The summed E-state index contributed by atoms with van der Waals surface area (Å²) in [4.78, 5) is 11.6. The molecule has 156 valence electrons. The molecule has 2 aromatic carbocycles. The maximum absolute atomic E-state index is 11.6. The Morgan fingerprint density at radius 3 is 1.93 bits per heavy atom. The van der Waals surface area contributed by atoms with Crippen LogP contribution < -0.4 is 0 Å². The highest BCUT2D eigenvalue weighted by Crippen LogP contribution is 2.46. The minimum atomic E-state index is -0.305. The number of hydrogen-bond acceptors (Lipinski definition) is 2. The summed E-state index contributed by atoms with van der Waals surface area (Å²) in [5.41, 5.74) is 7.63. The molecule has 29 heavy (non-hydrogen) atoms. The lowest BCUT2D eigenvalue weighted by Crippen LogP contribution is -2.34. The summed E-state index contributed by atoms with van der Waals surface area (Å²) in [6.07, 6.45) is 6.74. The van der Waals surface area contributed by atoms with Gasteiger partial charge in [-0.1, -0.05) is 78.0 Å². The molecule has 0 heterocycles. The number of ether oxygens (including phenoxy) is 1. The lowest BCUT2D eigenvalue weighted by Gasteiger charge is -2.42. The van der Waals surface area contributed by atoms with Crippen LogP contribution in [-0.2, 0) is 15.6 Å². The van der Waals surface area contributed by atoms with Crippen LogP contribution in [0, 0.1) is 6.92 Å². The van der Waals surface area contributed by atoms with Crippen molar-refractivity contribution in [1.29, 1.82) is 0 Å². The van der Waals surface area contributed by atoms with Crippen LogP contribution in [0.15, 0.2) is 36.4 Å². The SMILES string of the molecule is CC.COC(=O)c1ccc(/C=C/c2cc3c(cc2C)C(C)(C)CCC3(C)C)cc1. The van der Waals surface area contributed by atoms with Gasteiger partial charge in [0.25, 0.3) is 0 Å². The predicted octanol–water partition coefficient (Wildman–Crippen LogP) is 7.33. The number of esters is 1. The summed E-state index contributed by atoms with van der Waals surface area (Å²) in [6, 6.07) is 12.3. The van der Waals surface area contributed by atoms with E-state index < -0.39 is 0 Å². The molecule has 0 bridgehead atoms. The van der Waals surface area contributed by atoms with E-state index >= 15 is 0 Å². The van der Waals surface area contributed by atoms with Gasteiger partial charge in [-0.3, -0.25) is 0 Å². The Hall–Kier alpha value is -2.35. The molecule has 0 unspecified atom stereocenters. The van der Waals surface area contributed by atoms with Gasteiger partial charge in [0.1, 0.15) is 0 Å². The Kier molecular flexibility index (Phi) is 7.11. The predicted molar refractivity (Wildman–Crippen MR) is 125 cm³/mol. The molecule has 0 N–H and O–H groups in total. The standard InChI is InChI=1S/C25H30O2.C2H6/c1-17-15-21-22(25(4,5)14-13-24(21,2)3)16-20(17)12-9-18-7-10-19(11-8-18)23(26)27-6;1-2/h7-12,15-16H,13-14H2,1-6H3;1-2H3/b12-9+;. The lowest BCUT2D eigenvalue weighted by atomic mass is 9.62. The fourth-order valence-corrected chi connectivity index (χ4v) is 3.95. The first-order valence-corrected chi connectivity index (χ1v) is 10.7. The molecule has 0 aliphatic heterocycles. The molecule has 1 aliphatic rings. The average Bonchev–Trinajstić information content (AvgIpc) is 2.71. The summed E-state index contributed by atoms with van der Waals surface area (Å²) >= 11 is 0. The van der Waals surface area contributed by atoms with Gasteiger partial charge in [-0.05, 0) is 70.5 Å². The first-order chi connectivity index (χ1) is 13.6. The first-order valence-electron chi connectivity index (χ1n) is 10.7. The smallest absolute Gasteiger partial charge is 0.337 e. The normalized spacial score (nSPS) is 16.6. The molecule has 0 fully saturated rings. The van der Waals surface area contributed by atoms with Crippen LogP contribution in [0.25, 0.3) is 12.2 Å². The second-order valence-electron chi connectivity index (χ2n) is 8.97. The van der Waals surface area contributed by atoms with E-state index in [0.717, 1.165) is 5.56 Å². The molecule has 0 amide bonds. The summed E-state index contributed by atoms with van der Waals surface area (Å²) in [5.74, 6) is -0.305. The number of carbonyl (C=O) groups excluding carboxylic acids is 1. The van der Waals surface area contributed by atoms with Gasteiger partial charge in [0, 0.05) is 0 Å². The number of aryl methyl sites for hydroxylation is 1. The molecule has 0 atom stereocenters. The lowest BCUT2D eigenvalue weighted by molar-refractivity contribution is 0.0600. The Morgan fingerprint density at radius 2 is 1.41 bits per heavy atom. The van der Waals surface area contributed by atoms with E-state index in [1.165, 1.54) is 42.2 Å². The molecule has 2 heteroatoms. The molecule has 0 aromatic heterocycles. The van der Waals surface area contributed by atoms with E-state index in [0.29, 0.717) is 5.56 Å². The summed E-state index contributed by atoms with van der Waals surface area (Å²) in [7, 11) is 1.40. The second kappa shape index (κ2) is 8.98. The maximum atomic E-state index is 11.6. The van der Waals surface area contributed by atoms with Crippen molar-refractivity contribution in [3.05, 3.63) is 69.8 Å². The summed E-state index contributed by atoms with van der Waals surface area (Å²) < 4.78 is 4.75. The van der Waals surface area contributed by atoms with Crippen molar-refractivity contribution >= 4 is 18.1 Å². The molecule has 2 nitrogen and oxygen atoms in total.